The van der Waals surface area contributed by atoms with Crippen LogP contribution in [-0.2, 0) is 6.18 Å². The van der Waals surface area contributed by atoms with E-state index in [1.165, 1.54) is 49.0 Å². The van der Waals surface area contributed by atoms with E-state index < -0.39 is 29.1 Å². The Morgan fingerprint density at radius 1 is 1.00 bits per heavy atom. The largest absolute Gasteiger partial charge is 0.495 e. The number of nitrogens with one attached hydrogen (secondary N) is 2. The molecule has 1 aliphatic heterocycles. The van der Waals surface area contributed by atoms with Gasteiger partial charge in [-0.2, -0.15) is 13.2 Å². The number of halogens is 5. The average molecular weight is 684 g/mol. The van der Waals surface area contributed by atoms with Gasteiger partial charge in [0.15, 0.2) is 5.82 Å². The van der Waals surface area contributed by atoms with Crippen molar-refractivity contribution in [2.45, 2.75) is 13.1 Å². The van der Waals surface area contributed by atoms with Gasteiger partial charge in [-0.3, -0.25) is 9.59 Å². The predicted molar refractivity (Wildman–Crippen MR) is 168 cm³/mol. The smallest absolute Gasteiger partial charge is 0.417 e. The summed E-state index contributed by atoms with van der Waals surface area (Å²) in [6.07, 6.45) is -3.60. The van der Waals surface area contributed by atoms with E-state index in [0.717, 1.165) is 23.9 Å². The normalized spacial score (nSPS) is 14.0. The number of aromatic nitrogens is 2. The van der Waals surface area contributed by atoms with Crippen LogP contribution in [0.25, 0.3) is 10.2 Å². The molecule has 3 heterocycles. The van der Waals surface area contributed by atoms with Crippen molar-refractivity contribution in [3.05, 3.63) is 62.7 Å². The van der Waals surface area contributed by atoms with Crippen molar-refractivity contribution in [1.82, 2.24) is 19.8 Å². The second-order valence-electron chi connectivity index (χ2n) is 9.90. The molecule has 2 amide bonds. The third-order valence-electron chi connectivity index (χ3n) is 7.34. The topological polar surface area (TPSA) is 109 Å². The first-order valence-corrected chi connectivity index (χ1v) is 15.2. The number of nitrogens with zero attached hydrogens (tertiary/aromatic N) is 4. The molecule has 2 aromatic carbocycles. The summed E-state index contributed by atoms with van der Waals surface area (Å²) >= 11 is 13.9. The summed E-state index contributed by atoms with van der Waals surface area (Å²) in [7, 11) is 2.80. The number of likely N-dealkylation sites (N-methyl/N-ethyl adjacent to an activating group) is 1. The lowest BCUT2D eigenvalue weighted by Crippen LogP contribution is -2.48. The van der Waals surface area contributed by atoms with Gasteiger partial charge in [0, 0.05) is 43.3 Å². The highest BCUT2D eigenvalue weighted by molar-refractivity contribution is 7.18. The number of alkyl halides is 3. The minimum absolute atomic E-state index is 0.0520. The zero-order valence-electron chi connectivity index (χ0n) is 24.2. The maximum atomic E-state index is 14.2. The third kappa shape index (κ3) is 6.59. The van der Waals surface area contributed by atoms with Gasteiger partial charge < -0.3 is 29.9 Å². The first-order chi connectivity index (χ1) is 21.5. The van der Waals surface area contributed by atoms with E-state index in [2.05, 4.69) is 25.5 Å². The molecule has 5 rings (SSSR count). The Balaban J connectivity index is 1.42. The van der Waals surface area contributed by atoms with Crippen molar-refractivity contribution in [1.29, 1.82) is 0 Å². The van der Waals surface area contributed by atoms with Crippen LogP contribution < -0.4 is 20.1 Å². The zero-order chi connectivity index (χ0) is 32.5. The van der Waals surface area contributed by atoms with Gasteiger partial charge in [-0.05, 0) is 24.7 Å². The van der Waals surface area contributed by atoms with Crippen LogP contribution in [0.3, 0.4) is 0 Å². The first kappa shape index (κ1) is 32.5. The Labute approximate surface area is 270 Å². The number of ether oxygens (including phenoxy) is 2. The monoisotopic (exact) mass is 682 g/mol. The molecule has 0 aliphatic carbocycles. The molecule has 0 radical (unpaired) electrons. The molecule has 0 spiro atoms. The minimum atomic E-state index is -4.78. The number of methoxy groups -OCH3 is 2. The summed E-state index contributed by atoms with van der Waals surface area (Å²) in [5.41, 5.74) is -0.980. The van der Waals surface area contributed by atoms with Gasteiger partial charge in [-0.25, -0.2) is 9.97 Å². The molecule has 2 N–H and O–H groups in total. The molecule has 2 aromatic heterocycles. The standard InChI is InChI=1S/C29H27Cl2F3N6O4S/c1-4-39-7-9-40(10-8-39)28(42)16-6-5-15(11-18(16)29(32,33)34)37-26-25-23(35-14-36-26)17(13-45-25)27(41)38-24-21(30)19(43-2)12-20(44-3)22(24)31/h5-6,11-14H,4,7-10H2,1-3H3,(H,38,41)(H,35,36,37). The van der Waals surface area contributed by atoms with Gasteiger partial charge in [-0.1, -0.05) is 30.1 Å². The van der Waals surface area contributed by atoms with E-state index in [1.807, 2.05) is 6.92 Å². The van der Waals surface area contributed by atoms with Crippen LogP contribution >= 0.6 is 34.5 Å². The number of piperazine rings is 1. The molecule has 10 nitrogen and oxygen atoms in total. The summed E-state index contributed by atoms with van der Waals surface area (Å²) in [4.78, 5) is 38.4. The fraction of sp³-hybridized carbons (Fsp3) is 0.310. The average Bonchev–Trinajstić information content (AvgIpc) is 3.48. The van der Waals surface area contributed by atoms with Crippen molar-refractivity contribution in [3.8, 4) is 11.5 Å². The second kappa shape index (κ2) is 13.3. The van der Waals surface area contributed by atoms with E-state index in [0.29, 0.717) is 30.9 Å². The summed E-state index contributed by atoms with van der Waals surface area (Å²) < 4.78 is 53.4. The molecular formula is C29H27Cl2F3N6O4S. The zero-order valence-corrected chi connectivity index (χ0v) is 26.5. The molecule has 1 saturated heterocycles. The van der Waals surface area contributed by atoms with Gasteiger partial charge in [0.1, 0.15) is 27.9 Å². The molecule has 238 valence electrons. The molecule has 16 heteroatoms. The molecule has 1 aliphatic rings. The summed E-state index contributed by atoms with van der Waals surface area (Å²) in [6.45, 7) is 4.70. The number of fused-ring (bicyclic) bond motifs is 1. The number of rotatable bonds is 8. The van der Waals surface area contributed by atoms with E-state index in [4.69, 9.17) is 32.7 Å². The Morgan fingerprint density at radius 2 is 1.67 bits per heavy atom. The van der Waals surface area contributed by atoms with Crippen LogP contribution in [0.1, 0.15) is 33.2 Å². The lowest BCUT2D eigenvalue weighted by atomic mass is 10.0. The lowest BCUT2D eigenvalue weighted by molar-refractivity contribution is -0.138. The van der Waals surface area contributed by atoms with Crippen molar-refractivity contribution >= 4 is 73.8 Å². The Kier molecular flexibility index (Phi) is 9.58. The first-order valence-electron chi connectivity index (χ1n) is 13.6. The minimum Gasteiger partial charge on any atom is -0.495 e. The summed E-state index contributed by atoms with van der Waals surface area (Å²) in [5, 5.41) is 7.19. The van der Waals surface area contributed by atoms with Crippen LogP contribution in [0.4, 0.5) is 30.4 Å². The van der Waals surface area contributed by atoms with E-state index in [9.17, 15) is 22.8 Å². The maximum absolute atomic E-state index is 14.2. The van der Waals surface area contributed by atoms with Gasteiger partial charge >= 0.3 is 6.18 Å². The van der Waals surface area contributed by atoms with Crippen molar-refractivity contribution < 1.29 is 32.2 Å². The molecule has 0 saturated carbocycles. The highest BCUT2D eigenvalue weighted by Crippen LogP contribution is 2.44. The summed E-state index contributed by atoms with van der Waals surface area (Å²) in [6, 6.07) is 4.91. The number of carbonyl (C=O) groups is 2. The Hall–Kier alpha value is -3.85. The lowest BCUT2D eigenvalue weighted by Gasteiger charge is -2.34. The number of hydrogen-bond acceptors (Lipinski definition) is 9. The van der Waals surface area contributed by atoms with E-state index in [1.54, 1.807) is 0 Å². The van der Waals surface area contributed by atoms with Crippen LogP contribution in [-0.4, -0.2) is 78.5 Å². The fourth-order valence-electron chi connectivity index (χ4n) is 4.89. The number of benzene rings is 2. The Morgan fingerprint density at radius 3 is 2.27 bits per heavy atom. The molecular weight excluding hydrogens is 656 g/mol. The predicted octanol–water partition coefficient (Wildman–Crippen LogP) is 6.81. The molecule has 0 unspecified atom stereocenters. The van der Waals surface area contributed by atoms with Crippen LogP contribution in [0.5, 0.6) is 11.5 Å². The highest BCUT2D eigenvalue weighted by atomic mass is 35.5. The van der Waals surface area contributed by atoms with Gasteiger partial charge in [-0.15, -0.1) is 11.3 Å². The molecule has 0 bridgehead atoms. The highest BCUT2D eigenvalue weighted by Gasteiger charge is 2.37. The van der Waals surface area contributed by atoms with Crippen molar-refractivity contribution in [2.24, 2.45) is 0 Å². The molecule has 0 atom stereocenters. The third-order valence-corrected chi connectivity index (χ3v) is 9.06. The van der Waals surface area contributed by atoms with Gasteiger partial charge in [0.05, 0.1) is 46.8 Å². The van der Waals surface area contributed by atoms with E-state index in [-0.39, 0.29) is 49.8 Å². The number of hydrogen-bond donors (Lipinski definition) is 2. The molecule has 45 heavy (non-hydrogen) atoms. The molecule has 1 fully saturated rings. The summed E-state index contributed by atoms with van der Waals surface area (Å²) in [5.74, 6) is -0.653. The number of thiophene rings is 1. The fourth-order valence-corrected chi connectivity index (χ4v) is 6.43. The van der Waals surface area contributed by atoms with Gasteiger partial charge in [0.2, 0.25) is 0 Å². The van der Waals surface area contributed by atoms with Crippen LogP contribution in [0, 0.1) is 0 Å². The number of carbonyl (C=O) groups excluding carboxylic acids is 2. The van der Waals surface area contributed by atoms with Gasteiger partial charge in [0.25, 0.3) is 11.8 Å². The number of amides is 2. The van der Waals surface area contributed by atoms with Crippen LogP contribution in [0.15, 0.2) is 36.0 Å². The van der Waals surface area contributed by atoms with Crippen molar-refractivity contribution in [3.63, 3.8) is 0 Å². The SMILES string of the molecule is CCN1CCN(C(=O)c2ccc(Nc3ncnc4c(C(=O)Nc5c(Cl)c(OC)cc(OC)c5Cl)csc34)cc2C(F)(F)F)CC1. The van der Waals surface area contributed by atoms with E-state index >= 15 is 0 Å². The maximum Gasteiger partial charge on any atom is 0.417 e. The Bertz CT molecular complexity index is 1730. The van der Waals surface area contributed by atoms with Crippen molar-refractivity contribution in [2.75, 3.05) is 57.6 Å². The molecule has 4 aromatic rings. The van der Waals surface area contributed by atoms with Crippen LogP contribution in [0.2, 0.25) is 10.0 Å². The quantitative estimate of drug-likeness (QED) is 0.209. The second-order valence-corrected chi connectivity index (χ2v) is 11.5. The number of anilines is 3.